The van der Waals surface area contributed by atoms with Crippen LogP contribution in [-0.2, 0) is 5.41 Å². The van der Waals surface area contributed by atoms with Gasteiger partial charge < -0.3 is 4.57 Å². The second-order valence-corrected chi connectivity index (χ2v) is 12.8. The zero-order chi connectivity index (χ0) is 27.3. The number of hydrogen-bond donors (Lipinski definition) is 0. The first-order valence-electron chi connectivity index (χ1n) is 14.3. The van der Waals surface area contributed by atoms with Crippen LogP contribution in [0.15, 0.2) is 127 Å². The van der Waals surface area contributed by atoms with Gasteiger partial charge in [0.1, 0.15) is 0 Å². The normalized spacial score (nSPS) is 13.8. The zero-order valence-electron chi connectivity index (χ0n) is 23.0. The van der Waals surface area contributed by atoms with Crippen molar-refractivity contribution < 1.29 is 0 Å². The first-order chi connectivity index (χ1) is 20.1. The molecule has 0 saturated heterocycles. The number of fused-ring (bicyclic) bond motifs is 10. The molecule has 1 nitrogen and oxygen atoms in total. The zero-order valence-corrected chi connectivity index (χ0v) is 23.8. The van der Waals surface area contributed by atoms with E-state index < -0.39 is 0 Å². The van der Waals surface area contributed by atoms with Gasteiger partial charge in [-0.05, 0) is 57.6 Å². The van der Waals surface area contributed by atoms with Crippen LogP contribution in [-0.4, -0.2) is 4.57 Å². The molecule has 9 rings (SSSR count). The van der Waals surface area contributed by atoms with Crippen LogP contribution in [0.4, 0.5) is 0 Å². The van der Waals surface area contributed by atoms with E-state index in [1.807, 2.05) is 11.3 Å². The summed E-state index contributed by atoms with van der Waals surface area (Å²) in [6, 6.07) is 47.2. The Morgan fingerprint density at radius 2 is 1.22 bits per heavy atom. The lowest BCUT2D eigenvalue weighted by molar-refractivity contribution is 0.660. The predicted molar refractivity (Wildman–Crippen MR) is 177 cm³/mol. The third-order valence-corrected chi connectivity index (χ3v) is 10.4. The topological polar surface area (TPSA) is 4.93 Å². The molecule has 0 radical (unpaired) electrons. The van der Waals surface area contributed by atoms with Gasteiger partial charge >= 0.3 is 0 Å². The molecule has 0 fully saturated rings. The second kappa shape index (κ2) is 8.19. The Hall–Kier alpha value is -4.66. The average Bonchev–Trinajstić information content (AvgIpc) is 3.64. The van der Waals surface area contributed by atoms with Crippen LogP contribution >= 0.6 is 11.3 Å². The minimum absolute atomic E-state index is 0.000467. The molecule has 2 heteroatoms. The maximum absolute atomic E-state index is 2.47. The van der Waals surface area contributed by atoms with Gasteiger partial charge in [-0.1, -0.05) is 117 Å². The largest absolute Gasteiger partial charge is 0.308 e. The number of hydrogen-bond acceptors (Lipinski definition) is 1. The van der Waals surface area contributed by atoms with E-state index in [2.05, 4.69) is 146 Å². The van der Waals surface area contributed by atoms with Crippen LogP contribution in [0.3, 0.4) is 0 Å². The molecule has 2 heterocycles. The molecule has 1 aliphatic rings. The third-order valence-electron chi connectivity index (χ3n) is 9.22. The van der Waals surface area contributed by atoms with E-state index in [4.69, 9.17) is 0 Å². The highest BCUT2D eigenvalue weighted by atomic mass is 32.1. The highest BCUT2D eigenvalue weighted by molar-refractivity contribution is 7.26. The fourth-order valence-electron chi connectivity index (χ4n) is 7.28. The average molecular weight is 542 g/mol. The lowest BCUT2D eigenvalue weighted by Crippen LogP contribution is -2.14. The summed E-state index contributed by atoms with van der Waals surface area (Å²) in [5.41, 5.74) is 11.9. The molecule has 8 aromatic rings. The van der Waals surface area contributed by atoms with Crippen LogP contribution in [0.5, 0.6) is 0 Å². The van der Waals surface area contributed by atoms with E-state index in [0.717, 1.165) is 0 Å². The van der Waals surface area contributed by atoms with Crippen molar-refractivity contribution in [1.29, 1.82) is 0 Å². The van der Waals surface area contributed by atoms with Gasteiger partial charge in [-0.25, -0.2) is 0 Å². The molecule has 6 aromatic carbocycles. The molecule has 0 atom stereocenters. The maximum Gasteiger partial charge on any atom is 0.0719 e. The van der Waals surface area contributed by atoms with Crippen molar-refractivity contribution in [2.75, 3.05) is 0 Å². The minimum atomic E-state index is 0.000467. The molecule has 0 spiro atoms. The molecule has 0 N–H and O–H groups in total. The molecule has 0 bridgehead atoms. The number of benzene rings is 6. The summed E-state index contributed by atoms with van der Waals surface area (Å²) >= 11 is 1.90. The molecular weight excluding hydrogens is 515 g/mol. The van der Waals surface area contributed by atoms with Gasteiger partial charge in [0.15, 0.2) is 0 Å². The third kappa shape index (κ3) is 3.06. The number of rotatable bonds is 2. The standard InChI is InChI=1S/C39H27NS/c1-39(2)32-14-6-3-12-31(32)36-26(13-9-15-33(36)39)24-18-20-25(21-19-24)40-34-16-7-4-10-27(34)29-22-23-30-28-11-5-8-17-35(28)41-38(30)37(29)40/h3-23H,1-2H3. The Labute approximate surface area is 242 Å². The van der Waals surface area contributed by atoms with E-state index in [9.17, 15) is 0 Å². The number of para-hydroxylation sites is 1. The first-order valence-corrected chi connectivity index (χ1v) is 15.1. The predicted octanol–water partition coefficient (Wildman–Crippen LogP) is 11.1. The van der Waals surface area contributed by atoms with E-state index in [-0.39, 0.29) is 5.41 Å². The molecule has 0 amide bonds. The Morgan fingerprint density at radius 3 is 2.10 bits per heavy atom. The van der Waals surface area contributed by atoms with E-state index >= 15 is 0 Å². The van der Waals surface area contributed by atoms with Crippen LogP contribution < -0.4 is 0 Å². The molecule has 0 unspecified atom stereocenters. The molecule has 0 aliphatic heterocycles. The van der Waals surface area contributed by atoms with Crippen molar-refractivity contribution in [3.05, 3.63) is 139 Å². The first kappa shape index (κ1) is 23.1. The lowest BCUT2D eigenvalue weighted by Gasteiger charge is -2.21. The van der Waals surface area contributed by atoms with Gasteiger partial charge in [-0.2, -0.15) is 0 Å². The number of nitrogens with zero attached hydrogens (tertiary/aromatic N) is 1. The van der Waals surface area contributed by atoms with Crippen molar-refractivity contribution in [3.63, 3.8) is 0 Å². The van der Waals surface area contributed by atoms with Crippen molar-refractivity contribution in [2.24, 2.45) is 0 Å². The smallest absolute Gasteiger partial charge is 0.0719 e. The Bertz CT molecular complexity index is 2330. The summed E-state index contributed by atoms with van der Waals surface area (Å²) in [5.74, 6) is 0. The quantitative estimate of drug-likeness (QED) is 0.205. The molecular formula is C39H27NS. The van der Waals surface area contributed by atoms with Gasteiger partial charge in [0.05, 0.1) is 15.7 Å². The number of thiophene rings is 1. The highest BCUT2D eigenvalue weighted by Crippen LogP contribution is 2.52. The fourth-order valence-corrected chi connectivity index (χ4v) is 8.52. The molecule has 2 aromatic heterocycles. The van der Waals surface area contributed by atoms with Crippen molar-refractivity contribution in [1.82, 2.24) is 4.57 Å². The van der Waals surface area contributed by atoms with Crippen molar-refractivity contribution in [2.45, 2.75) is 19.3 Å². The van der Waals surface area contributed by atoms with Gasteiger partial charge in [-0.15, -0.1) is 11.3 Å². The van der Waals surface area contributed by atoms with Crippen LogP contribution in [0.1, 0.15) is 25.0 Å². The molecule has 1 aliphatic carbocycles. The summed E-state index contributed by atoms with van der Waals surface area (Å²) in [5, 5.41) is 5.27. The van der Waals surface area contributed by atoms with Gasteiger partial charge in [0.25, 0.3) is 0 Å². The Kier molecular flexibility index (Phi) is 4.61. The van der Waals surface area contributed by atoms with Crippen molar-refractivity contribution in [3.8, 4) is 27.9 Å². The Balaban J connectivity index is 1.28. The maximum atomic E-state index is 2.47. The fraction of sp³-hybridized carbons (Fsp3) is 0.0769. The van der Waals surface area contributed by atoms with Crippen LogP contribution in [0, 0.1) is 0 Å². The lowest BCUT2D eigenvalue weighted by atomic mass is 9.82. The molecule has 41 heavy (non-hydrogen) atoms. The summed E-state index contributed by atoms with van der Waals surface area (Å²) in [6.07, 6.45) is 0. The number of aromatic nitrogens is 1. The molecule has 0 saturated carbocycles. The summed E-state index contributed by atoms with van der Waals surface area (Å²) in [7, 11) is 0. The second-order valence-electron chi connectivity index (χ2n) is 11.7. The van der Waals surface area contributed by atoms with Gasteiger partial charge in [-0.3, -0.25) is 0 Å². The summed E-state index contributed by atoms with van der Waals surface area (Å²) < 4.78 is 5.16. The monoisotopic (exact) mass is 541 g/mol. The summed E-state index contributed by atoms with van der Waals surface area (Å²) in [4.78, 5) is 0. The SMILES string of the molecule is CC1(C)c2ccccc2-c2c(-c3ccc(-n4c5ccccc5c5ccc6c7ccccc7sc6c54)cc3)cccc21. The highest BCUT2D eigenvalue weighted by Gasteiger charge is 2.36. The van der Waals surface area contributed by atoms with E-state index in [1.165, 1.54) is 81.0 Å². The van der Waals surface area contributed by atoms with Gasteiger partial charge in [0, 0.05) is 37.3 Å². The Morgan fingerprint density at radius 1 is 0.537 bits per heavy atom. The summed E-state index contributed by atoms with van der Waals surface area (Å²) in [6.45, 7) is 4.70. The van der Waals surface area contributed by atoms with Gasteiger partial charge in [0.2, 0.25) is 0 Å². The van der Waals surface area contributed by atoms with E-state index in [0.29, 0.717) is 0 Å². The van der Waals surface area contributed by atoms with Crippen LogP contribution in [0.2, 0.25) is 0 Å². The minimum Gasteiger partial charge on any atom is -0.308 e. The molecule has 194 valence electrons. The van der Waals surface area contributed by atoms with Crippen molar-refractivity contribution >= 4 is 53.3 Å². The van der Waals surface area contributed by atoms with Crippen LogP contribution in [0.25, 0.3) is 69.9 Å². The van der Waals surface area contributed by atoms with E-state index in [1.54, 1.807) is 0 Å².